The molecule has 1 saturated heterocycles. The van der Waals surface area contributed by atoms with Gasteiger partial charge in [-0.15, -0.1) is 0 Å². The Kier molecular flexibility index (Phi) is 4.66. The van der Waals surface area contributed by atoms with E-state index in [1.807, 2.05) is 0 Å². The van der Waals surface area contributed by atoms with Gasteiger partial charge in [-0.25, -0.2) is 8.78 Å². The Labute approximate surface area is 106 Å². The molecule has 1 unspecified atom stereocenters. The van der Waals surface area contributed by atoms with Crippen molar-refractivity contribution in [1.29, 1.82) is 0 Å². The number of aliphatic hydroxyl groups is 1. The van der Waals surface area contributed by atoms with Crippen LogP contribution in [0, 0.1) is 17.6 Å². The van der Waals surface area contributed by atoms with Crippen molar-refractivity contribution in [1.82, 2.24) is 5.32 Å². The van der Waals surface area contributed by atoms with Crippen LogP contribution >= 0.6 is 0 Å². The lowest BCUT2D eigenvalue weighted by Crippen LogP contribution is -2.31. The lowest BCUT2D eigenvalue weighted by molar-refractivity contribution is 0.233. The van der Waals surface area contributed by atoms with Crippen LogP contribution in [-0.2, 0) is 0 Å². The Morgan fingerprint density at radius 3 is 2.56 bits per heavy atom. The van der Waals surface area contributed by atoms with E-state index in [-0.39, 0.29) is 12.5 Å². The minimum atomic E-state index is -0.813. The molecule has 1 heterocycles. The zero-order valence-corrected chi connectivity index (χ0v) is 10.3. The zero-order chi connectivity index (χ0) is 13.0. The van der Waals surface area contributed by atoms with Crippen molar-refractivity contribution in [2.24, 2.45) is 5.92 Å². The monoisotopic (exact) mass is 255 g/mol. The molecule has 0 amide bonds. The molecule has 1 aliphatic heterocycles. The summed E-state index contributed by atoms with van der Waals surface area (Å²) in [6.07, 6.45) is 2.64. The van der Waals surface area contributed by atoms with Crippen molar-refractivity contribution in [2.45, 2.75) is 25.2 Å². The van der Waals surface area contributed by atoms with E-state index >= 15 is 0 Å². The average molecular weight is 255 g/mol. The van der Waals surface area contributed by atoms with Crippen molar-refractivity contribution in [3.8, 4) is 0 Å². The van der Waals surface area contributed by atoms with E-state index < -0.39 is 11.6 Å². The first kappa shape index (κ1) is 13.4. The Balaban J connectivity index is 2.19. The first-order chi connectivity index (χ1) is 8.72. The Bertz CT molecular complexity index is 391. The second-order valence-electron chi connectivity index (χ2n) is 4.88. The molecule has 0 saturated carbocycles. The Morgan fingerprint density at radius 2 is 1.94 bits per heavy atom. The van der Waals surface area contributed by atoms with Crippen LogP contribution in [0.1, 0.15) is 30.7 Å². The molecule has 2 rings (SSSR count). The molecule has 18 heavy (non-hydrogen) atoms. The van der Waals surface area contributed by atoms with Crippen LogP contribution in [0.4, 0.5) is 8.78 Å². The molecule has 1 atom stereocenters. The summed E-state index contributed by atoms with van der Waals surface area (Å²) in [4.78, 5) is 0. The maximum absolute atomic E-state index is 13.3. The highest BCUT2D eigenvalue weighted by Crippen LogP contribution is 2.34. The van der Waals surface area contributed by atoms with Crippen molar-refractivity contribution < 1.29 is 13.9 Å². The standard InChI is InChI=1S/C14H19F2NO/c15-13-2-1-11(9-14(13)16)12(5-8-18)10-3-6-17-7-4-10/h1-2,9-10,12,17-18H,3-8H2. The van der Waals surface area contributed by atoms with E-state index in [2.05, 4.69) is 5.32 Å². The second kappa shape index (κ2) is 6.25. The van der Waals surface area contributed by atoms with Crippen molar-refractivity contribution in [2.75, 3.05) is 19.7 Å². The second-order valence-corrected chi connectivity index (χ2v) is 4.88. The third-order valence-electron chi connectivity index (χ3n) is 3.76. The molecule has 0 aromatic heterocycles. The molecule has 1 fully saturated rings. The summed E-state index contributed by atoms with van der Waals surface area (Å²) in [7, 11) is 0. The predicted octanol–water partition coefficient (Wildman–Crippen LogP) is 2.43. The third-order valence-corrected chi connectivity index (χ3v) is 3.76. The minimum Gasteiger partial charge on any atom is -0.396 e. The first-order valence-corrected chi connectivity index (χ1v) is 6.49. The third kappa shape index (κ3) is 3.06. The van der Waals surface area contributed by atoms with E-state index in [4.69, 9.17) is 5.11 Å². The van der Waals surface area contributed by atoms with Gasteiger partial charge >= 0.3 is 0 Å². The van der Waals surface area contributed by atoms with Crippen LogP contribution in [0.25, 0.3) is 0 Å². The summed E-state index contributed by atoms with van der Waals surface area (Å²) in [5, 5.41) is 12.5. The van der Waals surface area contributed by atoms with Gasteiger partial charge in [0.1, 0.15) is 0 Å². The van der Waals surface area contributed by atoms with Crippen LogP contribution in [0.3, 0.4) is 0 Å². The van der Waals surface area contributed by atoms with Gasteiger partial charge in [0.05, 0.1) is 0 Å². The largest absolute Gasteiger partial charge is 0.396 e. The summed E-state index contributed by atoms with van der Waals surface area (Å²) in [5.74, 6) is -1.06. The average Bonchev–Trinajstić information content (AvgIpc) is 2.40. The Morgan fingerprint density at radius 1 is 1.22 bits per heavy atom. The lowest BCUT2D eigenvalue weighted by Gasteiger charge is -2.30. The van der Waals surface area contributed by atoms with E-state index in [1.54, 1.807) is 6.07 Å². The molecular weight excluding hydrogens is 236 g/mol. The summed E-state index contributed by atoms with van der Waals surface area (Å²) in [6.45, 7) is 1.99. The fourth-order valence-corrected chi connectivity index (χ4v) is 2.80. The molecule has 2 nitrogen and oxygen atoms in total. The van der Waals surface area contributed by atoms with Gasteiger partial charge in [0.25, 0.3) is 0 Å². The molecule has 100 valence electrons. The first-order valence-electron chi connectivity index (χ1n) is 6.49. The summed E-state index contributed by atoms with van der Waals surface area (Å²) < 4.78 is 26.3. The van der Waals surface area contributed by atoms with Crippen LogP contribution in [-0.4, -0.2) is 24.8 Å². The summed E-state index contributed by atoms with van der Waals surface area (Å²) >= 11 is 0. The minimum absolute atomic E-state index is 0.0770. The molecule has 2 N–H and O–H groups in total. The van der Waals surface area contributed by atoms with Gasteiger partial charge in [-0.3, -0.25) is 0 Å². The molecular formula is C14H19F2NO. The van der Waals surface area contributed by atoms with Gasteiger partial charge in [-0.05, 0) is 61.9 Å². The smallest absolute Gasteiger partial charge is 0.159 e. The van der Waals surface area contributed by atoms with E-state index in [0.29, 0.717) is 12.3 Å². The highest BCUT2D eigenvalue weighted by Gasteiger charge is 2.25. The number of hydrogen-bond donors (Lipinski definition) is 2. The van der Waals surface area contributed by atoms with Crippen molar-refractivity contribution in [3.05, 3.63) is 35.4 Å². The van der Waals surface area contributed by atoms with Gasteiger partial charge in [0, 0.05) is 6.61 Å². The highest BCUT2D eigenvalue weighted by molar-refractivity contribution is 5.22. The van der Waals surface area contributed by atoms with Gasteiger partial charge in [0.15, 0.2) is 11.6 Å². The maximum Gasteiger partial charge on any atom is 0.159 e. The molecule has 1 aromatic rings. The molecule has 1 aromatic carbocycles. The van der Waals surface area contributed by atoms with Gasteiger partial charge in [0.2, 0.25) is 0 Å². The molecule has 0 bridgehead atoms. The molecule has 4 heteroatoms. The number of piperidine rings is 1. The van der Waals surface area contributed by atoms with Gasteiger partial charge in [-0.1, -0.05) is 6.07 Å². The molecule has 0 radical (unpaired) electrons. The van der Waals surface area contributed by atoms with Crippen molar-refractivity contribution >= 4 is 0 Å². The maximum atomic E-state index is 13.3. The van der Waals surface area contributed by atoms with Crippen LogP contribution in [0.2, 0.25) is 0 Å². The molecule has 1 aliphatic rings. The SMILES string of the molecule is OCCC(c1ccc(F)c(F)c1)C1CCNCC1. The predicted molar refractivity (Wildman–Crippen MR) is 66.4 cm³/mol. The molecule has 0 aliphatic carbocycles. The van der Waals surface area contributed by atoms with Crippen molar-refractivity contribution in [3.63, 3.8) is 0 Å². The van der Waals surface area contributed by atoms with Gasteiger partial charge < -0.3 is 10.4 Å². The zero-order valence-electron chi connectivity index (χ0n) is 10.3. The number of hydrogen-bond acceptors (Lipinski definition) is 2. The summed E-state index contributed by atoms with van der Waals surface area (Å²) in [6, 6.07) is 4.09. The van der Waals surface area contributed by atoms with Crippen LogP contribution < -0.4 is 5.32 Å². The topological polar surface area (TPSA) is 32.3 Å². The number of benzene rings is 1. The van der Waals surface area contributed by atoms with Gasteiger partial charge in [-0.2, -0.15) is 0 Å². The normalized spacial score (nSPS) is 18.8. The van der Waals surface area contributed by atoms with E-state index in [9.17, 15) is 8.78 Å². The fourth-order valence-electron chi connectivity index (χ4n) is 2.80. The fraction of sp³-hybridized carbons (Fsp3) is 0.571. The Hall–Kier alpha value is -1.00. The van der Waals surface area contributed by atoms with E-state index in [1.165, 1.54) is 12.1 Å². The number of rotatable bonds is 4. The van der Waals surface area contributed by atoms with Crippen LogP contribution in [0.5, 0.6) is 0 Å². The lowest BCUT2D eigenvalue weighted by atomic mass is 9.79. The summed E-state index contributed by atoms with van der Waals surface area (Å²) in [5.41, 5.74) is 0.801. The number of aliphatic hydroxyl groups excluding tert-OH is 1. The number of halogens is 2. The highest BCUT2D eigenvalue weighted by atomic mass is 19.2. The molecule has 0 spiro atoms. The number of nitrogens with one attached hydrogen (secondary N) is 1. The quantitative estimate of drug-likeness (QED) is 0.866. The van der Waals surface area contributed by atoms with Crippen LogP contribution in [0.15, 0.2) is 18.2 Å². The van der Waals surface area contributed by atoms with E-state index in [0.717, 1.165) is 31.5 Å².